The number of ether oxygens (including phenoxy) is 1. The van der Waals surface area contributed by atoms with E-state index in [0.717, 1.165) is 30.4 Å². The molecule has 0 aromatic heterocycles. The van der Waals surface area contributed by atoms with Gasteiger partial charge in [0.15, 0.2) is 0 Å². The van der Waals surface area contributed by atoms with Crippen molar-refractivity contribution in [1.29, 1.82) is 0 Å². The SMILES string of the molecule is C[C@H](NC(=O)CC1(CNC(=O)OCC2c3ccccc3-c3ccccc32)CCC1)C(=O)O. The van der Waals surface area contributed by atoms with Gasteiger partial charge in [0.2, 0.25) is 5.91 Å². The summed E-state index contributed by atoms with van der Waals surface area (Å²) in [5, 5.41) is 14.3. The van der Waals surface area contributed by atoms with Gasteiger partial charge in [0, 0.05) is 18.9 Å². The summed E-state index contributed by atoms with van der Waals surface area (Å²) in [6, 6.07) is 15.4. The minimum absolute atomic E-state index is 0.00547. The first-order valence-corrected chi connectivity index (χ1v) is 11.0. The van der Waals surface area contributed by atoms with Crippen LogP contribution >= 0.6 is 0 Å². The lowest BCUT2D eigenvalue weighted by molar-refractivity contribution is -0.141. The highest BCUT2D eigenvalue weighted by Crippen LogP contribution is 2.45. The number of carboxylic acid groups (broad SMARTS) is 1. The highest BCUT2D eigenvalue weighted by molar-refractivity contribution is 5.83. The maximum Gasteiger partial charge on any atom is 0.407 e. The van der Waals surface area contributed by atoms with Crippen LogP contribution < -0.4 is 10.6 Å². The van der Waals surface area contributed by atoms with E-state index >= 15 is 0 Å². The van der Waals surface area contributed by atoms with Crippen molar-refractivity contribution in [2.75, 3.05) is 13.2 Å². The summed E-state index contributed by atoms with van der Waals surface area (Å²) in [7, 11) is 0. The van der Waals surface area contributed by atoms with Gasteiger partial charge in [-0.15, -0.1) is 0 Å². The molecular formula is C25H28N2O5. The number of aliphatic carboxylic acids is 1. The van der Waals surface area contributed by atoms with Crippen LogP contribution in [0, 0.1) is 5.41 Å². The predicted octanol–water partition coefficient (Wildman–Crippen LogP) is 3.67. The van der Waals surface area contributed by atoms with Gasteiger partial charge in [0.25, 0.3) is 0 Å². The Morgan fingerprint density at radius 3 is 2.19 bits per heavy atom. The first-order valence-electron chi connectivity index (χ1n) is 11.0. The van der Waals surface area contributed by atoms with E-state index in [-0.39, 0.29) is 30.3 Å². The third-order valence-electron chi connectivity index (χ3n) is 6.65. The molecule has 0 unspecified atom stereocenters. The number of alkyl carbamates (subject to hydrolysis) is 1. The molecule has 168 valence electrons. The molecule has 0 heterocycles. The van der Waals surface area contributed by atoms with Crippen LogP contribution in [0.5, 0.6) is 0 Å². The van der Waals surface area contributed by atoms with Crippen LogP contribution in [0.15, 0.2) is 48.5 Å². The molecule has 0 bridgehead atoms. The molecule has 32 heavy (non-hydrogen) atoms. The van der Waals surface area contributed by atoms with Gasteiger partial charge in [0.05, 0.1) is 0 Å². The zero-order chi connectivity index (χ0) is 22.7. The molecule has 7 heteroatoms. The number of carbonyl (C=O) groups is 3. The molecule has 3 N–H and O–H groups in total. The van der Waals surface area contributed by atoms with Crippen molar-refractivity contribution in [1.82, 2.24) is 10.6 Å². The molecule has 0 spiro atoms. The molecule has 1 atom stereocenters. The van der Waals surface area contributed by atoms with E-state index in [1.54, 1.807) is 0 Å². The Hall–Kier alpha value is -3.35. The number of benzene rings is 2. The monoisotopic (exact) mass is 436 g/mol. The van der Waals surface area contributed by atoms with Crippen LogP contribution in [-0.4, -0.2) is 42.3 Å². The quantitative estimate of drug-likeness (QED) is 0.586. The highest BCUT2D eigenvalue weighted by Gasteiger charge is 2.40. The molecule has 0 aliphatic heterocycles. The van der Waals surface area contributed by atoms with Crippen LogP contribution in [0.25, 0.3) is 11.1 Å². The summed E-state index contributed by atoms with van der Waals surface area (Å²) in [6.45, 7) is 2.00. The fourth-order valence-corrected chi connectivity index (χ4v) is 4.70. The number of carbonyl (C=O) groups excluding carboxylic acids is 2. The van der Waals surface area contributed by atoms with Crippen molar-refractivity contribution in [2.45, 2.75) is 44.6 Å². The van der Waals surface area contributed by atoms with Gasteiger partial charge < -0.3 is 20.5 Å². The number of fused-ring (bicyclic) bond motifs is 3. The number of carboxylic acids is 1. The average molecular weight is 437 g/mol. The number of hydrogen-bond acceptors (Lipinski definition) is 4. The van der Waals surface area contributed by atoms with Gasteiger partial charge in [-0.2, -0.15) is 0 Å². The molecule has 7 nitrogen and oxygen atoms in total. The van der Waals surface area contributed by atoms with Crippen molar-refractivity contribution in [3.05, 3.63) is 59.7 Å². The normalized spacial score (nSPS) is 16.8. The summed E-state index contributed by atoms with van der Waals surface area (Å²) in [5.74, 6) is -1.39. The lowest BCUT2D eigenvalue weighted by Gasteiger charge is -2.41. The summed E-state index contributed by atoms with van der Waals surface area (Å²) in [4.78, 5) is 35.6. The Morgan fingerprint density at radius 2 is 1.66 bits per heavy atom. The Bertz CT molecular complexity index is 985. The van der Waals surface area contributed by atoms with Gasteiger partial charge in [-0.1, -0.05) is 55.0 Å². The fraction of sp³-hybridized carbons (Fsp3) is 0.400. The molecule has 1 saturated carbocycles. The topological polar surface area (TPSA) is 105 Å². The summed E-state index contributed by atoms with van der Waals surface area (Å²) < 4.78 is 5.58. The molecule has 2 aromatic rings. The average Bonchev–Trinajstić information content (AvgIpc) is 3.07. The van der Waals surface area contributed by atoms with Crippen LogP contribution in [0.1, 0.15) is 49.7 Å². The Labute approximate surface area is 187 Å². The smallest absolute Gasteiger partial charge is 0.407 e. The molecule has 2 aliphatic carbocycles. The van der Waals surface area contributed by atoms with Crippen LogP contribution in [-0.2, 0) is 14.3 Å². The highest BCUT2D eigenvalue weighted by atomic mass is 16.5. The summed E-state index contributed by atoms with van der Waals surface area (Å²) in [6.07, 6.45) is 2.29. The second kappa shape index (κ2) is 9.02. The van der Waals surface area contributed by atoms with Crippen LogP contribution in [0.4, 0.5) is 4.79 Å². The number of nitrogens with one attached hydrogen (secondary N) is 2. The molecule has 0 radical (unpaired) electrons. The molecule has 2 aromatic carbocycles. The minimum Gasteiger partial charge on any atom is -0.480 e. The van der Waals surface area contributed by atoms with E-state index in [4.69, 9.17) is 9.84 Å². The lowest BCUT2D eigenvalue weighted by Crippen LogP contribution is -2.47. The van der Waals surface area contributed by atoms with Crippen molar-refractivity contribution < 1.29 is 24.2 Å². The molecular weight excluding hydrogens is 408 g/mol. The third-order valence-corrected chi connectivity index (χ3v) is 6.65. The first-order chi connectivity index (χ1) is 15.4. The third kappa shape index (κ3) is 4.47. The predicted molar refractivity (Wildman–Crippen MR) is 119 cm³/mol. The molecule has 0 saturated heterocycles. The van der Waals surface area contributed by atoms with Gasteiger partial charge in [-0.25, -0.2) is 4.79 Å². The van der Waals surface area contributed by atoms with E-state index in [0.29, 0.717) is 6.54 Å². The van der Waals surface area contributed by atoms with Crippen LogP contribution in [0.3, 0.4) is 0 Å². The largest absolute Gasteiger partial charge is 0.480 e. The maximum absolute atomic E-state index is 12.5. The summed E-state index contributed by atoms with van der Waals surface area (Å²) in [5.41, 5.74) is 4.31. The number of rotatable bonds is 8. The van der Waals surface area contributed by atoms with Crippen molar-refractivity contribution in [3.63, 3.8) is 0 Å². The van der Waals surface area contributed by atoms with Gasteiger partial charge in [-0.05, 0) is 47.4 Å². The van der Waals surface area contributed by atoms with Gasteiger partial charge >= 0.3 is 12.1 Å². The second-order valence-electron chi connectivity index (χ2n) is 8.84. The molecule has 1 fully saturated rings. The first kappa shape index (κ1) is 21.9. The van der Waals surface area contributed by atoms with E-state index in [9.17, 15) is 14.4 Å². The van der Waals surface area contributed by atoms with Crippen molar-refractivity contribution in [3.8, 4) is 11.1 Å². The number of amides is 2. The Balaban J connectivity index is 1.32. The zero-order valence-corrected chi connectivity index (χ0v) is 18.1. The van der Waals surface area contributed by atoms with Gasteiger partial charge in [-0.3, -0.25) is 9.59 Å². The minimum atomic E-state index is -1.07. The van der Waals surface area contributed by atoms with E-state index < -0.39 is 18.1 Å². The lowest BCUT2D eigenvalue weighted by atomic mass is 9.66. The van der Waals surface area contributed by atoms with Gasteiger partial charge in [0.1, 0.15) is 12.6 Å². The van der Waals surface area contributed by atoms with E-state index in [1.165, 1.54) is 18.1 Å². The summed E-state index contributed by atoms with van der Waals surface area (Å²) >= 11 is 0. The Morgan fingerprint density at radius 1 is 1.06 bits per heavy atom. The van der Waals surface area contributed by atoms with E-state index in [2.05, 4.69) is 34.9 Å². The van der Waals surface area contributed by atoms with Crippen molar-refractivity contribution in [2.24, 2.45) is 5.41 Å². The molecule has 2 amide bonds. The van der Waals surface area contributed by atoms with E-state index in [1.807, 2.05) is 24.3 Å². The van der Waals surface area contributed by atoms with Crippen molar-refractivity contribution >= 4 is 18.0 Å². The molecule has 2 aliphatic rings. The standard InChI is InChI=1S/C25H28N2O5/c1-16(23(29)30)27-22(28)13-25(11-6-12-25)15-26-24(31)32-14-21-19-9-4-2-7-17(19)18-8-3-5-10-20(18)21/h2-5,7-10,16,21H,6,11-15H2,1H3,(H,26,31)(H,27,28)(H,29,30)/t16-/m0/s1. The maximum atomic E-state index is 12.5. The fourth-order valence-electron chi connectivity index (χ4n) is 4.70. The number of hydrogen-bond donors (Lipinski definition) is 3. The van der Waals surface area contributed by atoms with Crippen LogP contribution in [0.2, 0.25) is 0 Å². The molecule has 4 rings (SSSR count). The second-order valence-corrected chi connectivity index (χ2v) is 8.84. The zero-order valence-electron chi connectivity index (χ0n) is 18.1. The Kier molecular flexibility index (Phi) is 6.17.